The Balaban J connectivity index is 1.90. The molecule has 120 valence electrons. The minimum absolute atomic E-state index is 0.261. The second kappa shape index (κ2) is 6.46. The molecule has 1 aromatic rings. The summed E-state index contributed by atoms with van der Waals surface area (Å²) in [6.07, 6.45) is 2.57. The molecule has 1 aliphatic rings. The van der Waals surface area contributed by atoms with Crippen molar-refractivity contribution in [2.75, 3.05) is 13.1 Å². The van der Waals surface area contributed by atoms with Crippen molar-refractivity contribution in [3.05, 3.63) is 36.4 Å². The van der Waals surface area contributed by atoms with E-state index in [0.29, 0.717) is 13.1 Å². The highest BCUT2D eigenvalue weighted by atomic mass is 19.1. The van der Waals surface area contributed by atoms with Gasteiger partial charge in [0, 0.05) is 13.1 Å². The first-order valence-corrected chi connectivity index (χ1v) is 7.55. The third-order valence-electron chi connectivity index (χ3n) is 3.70. The monoisotopic (exact) mass is 306 g/mol. The van der Waals surface area contributed by atoms with Crippen molar-refractivity contribution in [3.63, 3.8) is 0 Å². The second-order valence-corrected chi connectivity index (χ2v) is 6.63. The number of ether oxygens (including phenoxy) is 1. The second-order valence-electron chi connectivity index (χ2n) is 6.63. The van der Waals surface area contributed by atoms with E-state index in [0.717, 1.165) is 24.1 Å². The molecule has 2 rings (SSSR count). The summed E-state index contributed by atoms with van der Waals surface area (Å²) in [5.74, 6) is -0.0899. The molecule has 0 radical (unpaired) electrons. The van der Waals surface area contributed by atoms with E-state index < -0.39 is 5.60 Å². The van der Waals surface area contributed by atoms with Gasteiger partial charge in [0.15, 0.2) is 0 Å². The van der Waals surface area contributed by atoms with E-state index in [1.165, 1.54) is 12.3 Å². The van der Waals surface area contributed by atoms with Crippen molar-refractivity contribution < 1.29 is 13.9 Å². The van der Waals surface area contributed by atoms with Crippen LogP contribution < -0.4 is 0 Å². The maximum absolute atomic E-state index is 12.9. The Kier molecular flexibility index (Phi) is 4.84. The smallest absolute Gasteiger partial charge is 0.410 e. The first-order chi connectivity index (χ1) is 10.3. The Bertz CT molecular complexity index is 541. The molecule has 0 N–H and O–H groups in total. The van der Waals surface area contributed by atoms with Crippen LogP contribution >= 0.6 is 0 Å². The summed E-state index contributed by atoms with van der Waals surface area (Å²) in [6.45, 7) is 10.9. The van der Waals surface area contributed by atoms with Gasteiger partial charge in [-0.25, -0.2) is 9.18 Å². The molecule has 5 heteroatoms. The van der Waals surface area contributed by atoms with Crippen LogP contribution in [0.2, 0.25) is 0 Å². The van der Waals surface area contributed by atoms with E-state index >= 15 is 0 Å². The zero-order chi connectivity index (χ0) is 16.3. The molecule has 0 bridgehead atoms. The fraction of sp³-hybridized carbons (Fsp3) is 0.529. The van der Waals surface area contributed by atoms with Gasteiger partial charge in [0.1, 0.15) is 11.4 Å². The van der Waals surface area contributed by atoms with Gasteiger partial charge in [-0.15, -0.1) is 0 Å². The predicted octanol–water partition coefficient (Wildman–Crippen LogP) is 3.88. The minimum Gasteiger partial charge on any atom is -0.444 e. The maximum atomic E-state index is 12.9. The van der Waals surface area contributed by atoms with Crippen molar-refractivity contribution >= 4 is 11.7 Å². The molecule has 4 nitrogen and oxygen atoms in total. The van der Waals surface area contributed by atoms with Gasteiger partial charge >= 0.3 is 6.09 Å². The van der Waals surface area contributed by atoms with Gasteiger partial charge in [-0.05, 0) is 57.2 Å². The van der Waals surface area contributed by atoms with E-state index in [-0.39, 0.29) is 17.8 Å². The van der Waals surface area contributed by atoms with Crippen LogP contribution in [0.15, 0.2) is 24.9 Å². The van der Waals surface area contributed by atoms with Crippen molar-refractivity contribution in [2.45, 2.75) is 39.2 Å². The number of hydrogen-bond acceptors (Lipinski definition) is 3. The average molecular weight is 306 g/mol. The maximum Gasteiger partial charge on any atom is 0.410 e. The normalized spacial score (nSPS) is 16.5. The Hall–Kier alpha value is -1.91. The Morgan fingerprint density at radius 3 is 2.50 bits per heavy atom. The summed E-state index contributed by atoms with van der Waals surface area (Å²) in [5, 5.41) is 0. The summed E-state index contributed by atoms with van der Waals surface area (Å²) in [4.78, 5) is 17.8. The third kappa shape index (κ3) is 4.29. The Labute approximate surface area is 131 Å². The fourth-order valence-corrected chi connectivity index (χ4v) is 2.51. The van der Waals surface area contributed by atoms with E-state index in [1.807, 2.05) is 20.8 Å². The zero-order valence-corrected chi connectivity index (χ0v) is 13.4. The number of likely N-dealkylation sites (tertiary alicyclic amines) is 1. The largest absolute Gasteiger partial charge is 0.444 e. The highest BCUT2D eigenvalue weighted by Gasteiger charge is 2.28. The first kappa shape index (κ1) is 16.5. The zero-order valence-electron chi connectivity index (χ0n) is 13.4. The molecule has 2 heterocycles. The summed E-state index contributed by atoms with van der Waals surface area (Å²) in [7, 11) is 0. The number of aromatic nitrogens is 1. The highest BCUT2D eigenvalue weighted by Crippen LogP contribution is 2.30. The molecule has 0 atom stereocenters. The number of nitrogens with zero attached hydrogens (tertiary/aromatic N) is 2. The Morgan fingerprint density at radius 1 is 1.36 bits per heavy atom. The molecule has 1 aromatic heterocycles. The molecule has 22 heavy (non-hydrogen) atoms. The molecule has 1 aliphatic heterocycles. The fourth-order valence-electron chi connectivity index (χ4n) is 2.51. The lowest BCUT2D eigenvalue weighted by Crippen LogP contribution is -2.41. The molecule has 0 aromatic carbocycles. The predicted molar refractivity (Wildman–Crippen MR) is 83.8 cm³/mol. The number of hydrogen-bond donors (Lipinski definition) is 0. The van der Waals surface area contributed by atoms with E-state index in [2.05, 4.69) is 11.6 Å². The third-order valence-corrected chi connectivity index (χ3v) is 3.70. The lowest BCUT2D eigenvalue weighted by Gasteiger charge is -2.34. The van der Waals surface area contributed by atoms with Gasteiger partial charge in [-0.2, -0.15) is 0 Å². The number of pyridine rings is 1. The summed E-state index contributed by atoms with van der Waals surface area (Å²) >= 11 is 0. The van der Waals surface area contributed by atoms with Gasteiger partial charge in [-0.3, -0.25) is 4.98 Å². The van der Waals surface area contributed by atoms with Crippen LogP contribution in [-0.2, 0) is 4.74 Å². The van der Waals surface area contributed by atoms with Crippen LogP contribution in [0, 0.1) is 11.7 Å². The topological polar surface area (TPSA) is 42.4 Å². The average Bonchev–Trinajstić information content (AvgIpc) is 2.46. The number of rotatable bonds is 2. The lowest BCUT2D eigenvalue weighted by molar-refractivity contribution is 0.0199. The van der Waals surface area contributed by atoms with Crippen LogP contribution in [-0.4, -0.2) is 34.7 Å². The highest BCUT2D eigenvalue weighted by molar-refractivity contribution is 5.69. The first-order valence-electron chi connectivity index (χ1n) is 7.55. The van der Waals surface area contributed by atoms with Crippen molar-refractivity contribution in [1.29, 1.82) is 0 Å². The van der Waals surface area contributed by atoms with Crippen molar-refractivity contribution in [2.24, 2.45) is 5.92 Å². The summed E-state index contributed by atoms with van der Waals surface area (Å²) in [5.41, 5.74) is 1.15. The van der Waals surface area contributed by atoms with Crippen LogP contribution in [0.4, 0.5) is 9.18 Å². The molecule has 1 saturated heterocycles. The van der Waals surface area contributed by atoms with Gasteiger partial charge < -0.3 is 9.64 Å². The van der Waals surface area contributed by atoms with Crippen LogP contribution in [0.5, 0.6) is 0 Å². The van der Waals surface area contributed by atoms with Gasteiger partial charge in [-0.1, -0.05) is 6.58 Å². The lowest BCUT2D eigenvalue weighted by atomic mass is 9.88. The SMILES string of the molecule is C=C(c1ccc(F)cn1)C1CCN(C(=O)OC(C)(C)C)CC1. The van der Waals surface area contributed by atoms with Crippen molar-refractivity contribution in [3.8, 4) is 0 Å². The Morgan fingerprint density at radius 2 is 2.00 bits per heavy atom. The standard InChI is InChI=1S/C17H23FN2O2/c1-12(15-6-5-14(18)11-19-15)13-7-9-20(10-8-13)16(21)22-17(2,3)4/h5-6,11,13H,1,7-10H2,2-4H3. The van der Waals surface area contributed by atoms with Gasteiger partial charge in [0.2, 0.25) is 0 Å². The van der Waals surface area contributed by atoms with E-state index in [4.69, 9.17) is 4.74 Å². The number of amides is 1. The molecule has 0 saturated carbocycles. The minimum atomic E-state index is -0.477. The van der Waals surface area contributed by atoms with Gasteiger partial charge in [0.25, 0.3) is 0 Å². The molecule has 1 fully saturated rings. The van der Waals surface area contributed by atoms with Crippen LogP contribution in [0.3, 0.4) is 0 Å². The van der Waals surface area contributed by atoms with E-state index in [9.17, 15) is 9.18 Å². The number of allylic oxidation sites excluding steroid dienone is 1. The number of carbonyl (C=O) groups excluding carboxylic acids is 1. The molecular formula is C17H23FN2O2. The molecule has 0 aliphatic carbocycles. The number of halogens is 1. The quantitative estimate of drug-likeness (QED) is 0.832. The molecule has 0 unspecified atom stereocenters. The number of carbonyl (C=O) groups is 1. The van der Waals surface area contributed by atoms with Gasteiger partial charge in [0.05, 0.1) is 11.9 Å². The summed E-state index contributed by atoms with van der Waals surface area (Å²) < 4.78 is 18.3. The molecule has 1 amide bonds. The molecular weight excluding hydrogens is 283 g/mol. The summed E-state index contributed by atoms with van der Waals surface area (Å²) in [6, 6.07) is 3.04. The van der Waals surface area contributed by atoms with E-state index in [1.54, 1.807) is 11.0 Å². The van der Waals surface area contributed by atoms with Crippen LogP contribution in [0.1, 0.15) is 39.3 Å². The molecule has 0 spiro atoms. The van der Waals surface area contributed by atoms with Crippen molar-refractivity contribution in [1.82, 2.24) is 9.88 Å². The van der Waals surface area contributed by atoms with Crippen LogP contribution in [0.25, 0.3) is 5.57 Å². The number of piperidine rings is 1.